The van der Waals surface area contributed by atoms with E-state index in [4.69, 9.17) is 16.6 Å². The summed E-state index contributed by atoms with van der Waals surface area (Å²) in [6, 6.07) is 14.6. The Morgan fingerprint density at radius 3 is 2.55 bits per heavy atom. The molecule has 0 bridgehead atoms. The summed E-state index contributed by atoms with van der Waals surface area (Å²) < 4.78 is 0. The van der Waals surface area contributed by atoms with E-state index in [0.29, 0.717) is 5.95 Å². The van der Waals surface area contributed by atoms with Gasteiger partial charge in [0.15, 0.2) is 0 Å². The van der Waals surface area contributed by atoms with Gasteiger partial charge >= 0.3 is 0 Å². The predicted molar refractivity (Wildman–Crippen MR) is 124 cm³/mol. The monoisotopic (exact) mass is 428 g/mol. The number of benzene rings is 2. The van der Waals surface area contributed by atoms with Crippen molar-refractivity contribution in [3.63, 3.8) is 0 Å². The van der Waals surface area contributed by atoms with Crippen LogP contribution in [-0.2, 0) is 6.42 Å². The first-order valence-electron chi connectivity index (χ1n) is 9.67. The molecule has 1 unspecified atom stereocenters. The fourth-order valence-electron chi connectivity index (χ4n) is 3.90. The highest BCUT2D eigenvalue weighted by Gasteiger charge is 2.28. The molecule has 0 saturated heterocycles. The molecule has 1 N–H and O–H groups in total. The second-order valence-corrected chi connectivity index (χ2v) is 7.86. The molecule has 29 heavy (non-hydrogen) atoms. The number of rotatable bonds is 3. The molecule has 4 rings (SSSR count). The maximum absolute atomic E-state index is 6.43. The van der Waals surface area contributed by atoms with Crippen LogP contribution in [0.1, 0.15) is 40.9 Å². The van der Waals surface area contributed by atoms with Gasteiger partial charge in [0.05, 0.1) is 6.04 Å². The molecule has 1 aliphatic rings. The van der Waals surface area contributed by atoms with Crippen molar-refractivity contribution in [1.82, 2.24) is 9.97 Å². The van der Waals surface area contributed by atoms with Crippen LogP contribution in [0.3, 0.4) is 0 Å². The Morgan fingerprint density at radius 1 is 1.03 bits per heavy atom. The van der Waals surface area contributed by atoms with Crippen LogP contribution in [0.4, 0.5) is 17.5 Å². The van der Waals surface area contributed by atoms with Crippen molar-refractivity contribution in [1.29, 1.82) is 0 Å². The Kier molecular flexibility index (Phi) is 6.35. The van der Waals surface area contributed by atoms with Crippen molar-refractivity contribution in [2.75, 3.05) is 16.8 Å². The largest absolute Gasteiger partial charge is 0.349 e. The molecule has 1 aromatic heterocycles. The third kappa shape index (κ3) is 4.05. The molecule has 4 nitrogen and oxygen atoms in total. The Balaban J connectivity index is 0.00000240. The van der Waals surface area contributed by atoms with Gasteiger partial charge in [-0.2, -0.15) is 4.98 Å². The molecule has 3 aromatic rings. The number of hydrogen-bond acceptors (Lipinski definition) is 4. The molecule has 0 saturated carbocycles. The highest BCUT2D eigenvalue weighted by atomic mass is 35.5. The average Bonchev–Trinajstić information content (AvgIpc) is 2.68. The lowest BCUT2D eigenvalue weighted by molar-refractivity contribution is 0.614. The summed E-state index contributed by atoms with van der Waals surface area (Å²) in [6.07, 6.45) is 0.919. The van der Waals surface area contributed by atoms with Gasteiger partial charge in [0.2, 0.25) is 5.95 Å². The minimum Gasteiger partial charge on any atom is -0.349 e. The van der Waals surface area contributed by atoms with Gasteiger partial charge in [-0.1, -0.05) is 41.9 Å². The number of aromatic nitrogens is 2. The van der Waals surface area contributed by atoms with Crippen molar-refractivity contribution in [2.45, 2.75) is 40.2 Å². The van der Waals surface area contributed by atoms with Gasteiger partial charge in [-0.3, -0.25) is 0 Å². The predicted octanol–water partition coefficient (Wildman–Crippen LogP) is 6.34. The lowest BCUT2D eigenvalue weighted by atomic mass is 9.93. The topological polar surface area (TPSA) is 41.1 Å². The van der Waals surface area contributed by atoms with E-state index < -0.39 is 0 Å². The molecular weight excluding hydrogens is 403 g/mol. The molecule has 2 aromatic carbocycles. The van der Waals surface area contributed by atoms with E-state index in [-0.39, 0.29) is 18.4 Å². The zero-order chi connectivity index (χ0) is 19.8. The van der Waals surface area contributed by atoms with E-state index in [1.165, 1.54) is 16.7 Å². The second-order valence-electron chi connectivity index (χ2n) is 7.45. The highest BCUT2D eigenvalue weighted by Crippen LogP contribution is 2.37. The van der Waals surface area contributed by atoms with Gasteiger partial charge in [-0.05, 0) is 62.9 Å². The fourth-order valence-corrected chi connectivity index (χ4v) is 4.17. The van der Waals surface area contributed by atoms with Crippen LogP contribution in [0.2, 0.25) is 5.02 Å². The molecule has 0 radical (unpaired) electrons. The van der Waals surface area contributed by atoms with Crippen molar-refractivity contribution in [3.05, 3.63) is 75.4 Å². The summed E-state index contributed by atoms with van der Waals surface area (Å²) in [5, 5.41) is 4.26. The summed E-state index contributed by atoms with van der Waals surface area (Å²) in [7, 11) is 0. The maximum Gasteiger partial charge on any atom is 0.229 e. The third-order valence-electron chi connectivity index (χ3n) is 5.70. The standard InChI is InChI=1S/C23H25ClN4.ClH/c1-14-8-5-6-11-21(14)26-23-25-16(3)15(2)22(27-23)28-13-12-19-18(17(28)4)9-7-10-20(19)24;/h5-11,17H,12-13H2,1-4H3,(H,25,26,27);1H. The Bertz CT molecular complexity index is 1040. The van der Waals surface area contributed by atoms with Crippen molar-refractivity contribution in [3.8, 4) is 0 Å². The van der Waals surface area contributed by atoms with E-state index in [1.54, 1.807) is 0 Å². The number of halogens is 2. The van der Waals surface area contributed by atoms with E-state index in [1.807, 2.05) is 31.2 Å². The molecular formula is C23H26Cl2N4. The van der Waals surface area contributed by atoms with Crippen LogP contribution in [0.15, 0.2) is 42.5 Å². The first-order chi connectivity index (χ1) is 13.5. The number of nitrogens with one attached hydrogen (secondary N) is 1. The molecule has 0 spiro atoms. The number of nitrogens with zero attached hydrogens (tertiary/aromatic N) is 3. The molecule has 2 heterocycles. The summed E-state index contributed by atoms with van der Waals surface area (Å²) in [4.78, 5) is 12.0. The van der Waals surface area contributed by atoms with Crippen LogP contribution in [0.5, 0.6) is 0 Å². The zero-order valence-corrected chi connectivity index (χ0v) is 18.7. The SMILES string of the molecule is Cc1ccccc1Nc1nc(C)c(C)c(N2CCc3c(Cl)cccc3C2C)n1.Cl. The van der Waals surface area contributed by atoms with Gasteiger partial charge in [0, 0.05) is 28.5 Å². The third-order valence-corrected chi connectivity index (χ3v) is 6.06. The molecule has 1 atom stereocenters. The fraction of sp³-hybridized carbons (Fsp3) is 0.304. The summed E-state index contributed by atoms with van der Waals surface area (Å²) in [5.74, 6) is 1.62. The zero-order valence-electron chi connectivity index (χ0n) is 17.2. The van der Waals surface area contributed by atoms with Crippen molar-refractivity contribution in [2.24, 2.45) is 0 Å². The smallest absolute Gasteiger partial charge is 0.229 e. The lowest BCUT2D eigenvalue weighted by Crippen LogP contribution is -2.35. The van der Waals surface area contributed by atoms with E-state index >= 15 is 0 Å². The van der Waals surface area contributed by atoms with E-state index in [9.17, 15) is 0 Å². The summed E-state index contributed by atoms with van der Waals surface area (Å²) in [5.41, 5.74) is 6.84. The summed E-state index contributed by atoms with van der Waals surface area (Å²) >= 11 is 6.43. The van der Waals surface area contributed by atoms with Crippen LogP contribution in [0.25, 0.3) is 0 Å². The van der Waals surface area contributed by atoms with Crippen molar-refractivity contribution < 1.29 is 0 Å². The number of fused-ring (bicyclic) bond motifs is 1. The quantitative estimate of drug-likeness (QED) is 0.527. The first kappa shape index (κ1) is 21.4. The second kappa shape index (κ2) is 8.60. The molecule has 0 amide bonds. The van der Waals surface area contributed by atoms with E-state index in [0.717, 1.165) is 40.8 Å². The number of hydrogen-bond donors (Lipinski definition) is 1. The molecule has 0 fully saturated rings. The minimum atomic E-state index is 0. The van der Waals surface area contributed by atoms with Gasteiger partial charge in [-0.25, -0.2) is 4.98 Å². The van der Waals surface area contributed by atoms with Gasteiger partial charge in [-0.15, -0.1) is 12.4 Å². The first-order valence-corrected chi connectivity index (χ1v) is 10.1. The Hall–Kier alpha value is -2.30. The average molecular weight is 429 g/mol. The van der Waals surface area contributed by atoms with Gasteiger partial charge < -0.3 is 10.2 Å². The molecule has 0 aliphatic carbocycles. The van der Waals surface area contributed by atoms with Crippen LogP contribution in [0, 0.1) is 20.8 Å². The normalized spacial score (nSPS) is 15.5. The highest BCUT2D eigenvalue weighted by molar-refractivity contribution is 6.31. The van der Waals surface area contributed by atoms with Crippen LogP contribution >= 0.6 is 24.0 Å². The van der Waals surface area contributed by atoms with Crippen LogP contribution < -0.4 is 10.2 Å². The molecule has 6 heteroatoms. The van der Waals surface area contributed by atoms with E-state index in [2.05, 4.69) is 54.2 Å². The number of aryl methyl sites for hydroxylation is 2. The van der Waals surface area contributed by atoms with Crippen LogP contribution in [-0.4, -0.2) is 16.5 Å². The minimum absolute atomic E-state index is 0. The molecule has 1 aliphatic heterocycles. The lowest BCUT2D eigenvalue weighted by Gasteiger charge is -2.37. The number of para-hydroxylation sites is 1. The Morgan fingerprint density at radius 2 is 1.79 bits per heavy atom. The Labute approximate surface area is 183 Å². The summed E-state index contributed by atoms with van der Waals surface area (Å²) in [6.45, 7) is 9.34. The van der Waals surface area contributed by atoms with Gasteiger partial charge in [0.25, 0.3) is 0 Å². The molecule has 152 valence electrons. The van der Waals surface area contributed by atoms with Crippen molar-refractivity contribution >= 4 is 41.5 Å². The van der Waals surface area contributed by atoms with Gasteiger partial charge in [0.1, 0.15) is 5.82 Å². The number of anilines is 3. The maximum atomic E-state index is 6.43.